The van der Waals surface area contributed by atoms with E-state index in [1.807, 2.05) is 0 Å². The highest BCUT2D eigenvalue weighted by Crippen LogP contribution is 2.18. The maximum absolute atomic E-state index is 12.2. The van der Waals surface area contributed by atoms with Crippen molar-refractivity contribution < 1.29 is 13.2 Å². The molecule has 21 heavy (non-hydrogen) atoms. The van der Waals surface area contributed by atoms with E-state index in [9.17, 15) is 13.2 Å². The molecule has 1 amide bonds. The number of aromatic nitrogens is 1. The van der Waals surface area contributed by atoms with Gasteiger partial charge in [0.25, 0.3) is 5.91 Å². The molecule has 0 aliphatic heterocycles. The number of carbonyl (C=O) groups excluding carboxylic acids is 1. The monoisotopic (exact) mass is 306 g/mol. The maximum atomic E-state index is 12.2. The molecule has 0 saturated heterocycles. The standard InChI is InChI=1S/C13H14N4O3S/c1-15-12-8-16-6-5-11(12)13(18)17-9-3-2-4-10(7-9)21(14,19)20/h2-8,15H,1H3,(H,17,18)(H2,14,19,20). The summed E-state index contributed by atoms with van der Waals surface area (Å²) in [5.74, 6) is -0.381. The Morgan fingerprint density at radius 1 is 1.29 bits per heavy atom. The Labute approximate surface area is 122 Å². The molecule has 0 saturated carbocycles. The first-order chi connectivity index (χ1) is 9.91. The summed E-state index contributed by atoms with van der Waals surface area (Å²) in [5.41, 5.74) is 1.30. The summed E-state index contributed by atoms with van der Waals surface area (Å²) in [4.78, 5) is 16.0. The summed E-state index contributed by atoms with van der Waals surface area (Å²) < 4.78 is 22.6. The Morgan fingerprint density at radius 2 is 2.05 bits per heavy atom. The SMILES string of the molecule is CNc1cnccc1C(=O)Nc1cccc(S(N)(=O)=O)c1. The van der Waals surface area contributed by atoms with Gasteiger partial charge in [0.1, 0.15) is 0 Å². The molecular formula is C13H14N4O3S. The van der Waals surface area contributed by atoms with Crippen molar-refractivity contribution in [2.75, 3.05) is 17.7 Å². The van der Waals surface area contributed by atoms with E-state index in [4.69, 9.17) is 5.14 Å². The molecule has 0 aliphatic carbocycles. The molecule has 8 heteroatoms. The van der Waals surface area contributed by atoms with E-state index in [0.29, 0.717) is 16.9 Å². The van der Waals surface area contributed by atoms with E-state index in [-0.39, 0.29) is 10.8 Å². The van der Waals surface area contributed by atoms with E-state index in [0.717, 1.165) is 0 Å². The summed E-state index contributed by atoms with van der Waals surface area (Å²) in [6.07, 6.45) is 3.02. The fraction of sp³-hybridized carbons (Fsp3) is 0.0769. The van der Waals surface area contributed by atoms with Gasteiger partial charge in [0.05, 0.1) is 22.3 Å². The van der Waals surface area contributed by atoms with Crippen LogP contribution < -0.4 is 15.8 Å². The highest BCUT2D eigenvalue weighted by Gasteiger charge is 2.13. The van der Waals surface area contributed by atoms with Gasteiger partial charge in [-0.2, -0.15) is 0 Å². The van der Waals surface area contributed by atoms with E-state index < -0.39 is 10.0 Å². The molecule has 4 N–H and O–H groups in total. The second kappa shape index (κ2) is 5.90. The van der Waals surface area contributed by atoms with Gasteiger partial charge in [0, 0.05) is 18.9 Å². The first kappa shape index (κ1) is 14.9. The number of rotatable bonds is 4. The van der Waals surface area contributed by atoms with Crippen molar-refractivity contribution in [3.63, 3.8) is 0 Å². The number of nitrogens with zero attached hydrogens (tertiary/aromatic N) is 1. The van der Waals surface area contributed by atoms with Crippen LogP contribution in [-0.4, -0.2) is 26.4 Å². The number of nitrogens with one attached hydrogen (secondary N) is 2. The highest BCUT2D eigenvalue weighted by atomic mass is 32.2. The topological polar surface area (TPSA) is 114 Å². The van der Waals surface area contributed by atoms with Crippen molar-refractivity contribution in [3.05, 3.63) is 48.3 Å². The first-order valence-electron chi connectivity index (χ1n) is 5.98. The second-order valence-electron chi connectivity index (χ2n) is 4.20. The van der Waals surface area contributed by atoms with Crippen LogP contribution in [0.25, 0.3) is 0 Å². The summed E-state index contributed by atoms with van der Waals surface area (Å²) in [5, 5.41) is 10.5. The third kappa shape index (κ3) is 3.56. The average molecular weight is 306 g/mol. The average Bonchev–Trinajstić information content (AvgIpc) is 2.46. The number of benzene rings is 1. The van der Waals surface area contributed by atoms with Gasteiger partial charge in [-0.1, -0.05) is 6.07 Å². The van der Waals surface area contributed by atoms with Crippen LogP contribution in [0.3, 0.4) is 0 Å². The van der Waals surface area contributed by atoms with Crippen LogP contribution in [0.2, 0.25) is 0 Å². The van der Waals surface area contributed by atoms with Gasteiger partial charge >= 0.3 is 0 Å². The molecule has 110 valence electrons. The number of primary sulfonamides is 1. The van der Waals surface area contributed by atoms with Gasteiger partial charge in [-0.05, 0) is 24.3 Å². The molecule has 0 bridgehead atoms. The van der Waals surface area contributed by atoms with E-state index >= 15 is 0 Å². The molecule has 0 aliphatic rings. The fourth-order valence-electron chi connectivity index (χ4n) is 1.74. The summed E-state index contributed by atoms with van der Waals surface area (Å²) in [6.45, 7) is 0. The van der Waals surface area contributed by atoms with Crippen LogP contribution in [0, 0.1) is 0 Å². The number of nitrogens with two attached hydrogens (primary N) is 1. The Bertz CT molecular complexity index is 774. The lowest BCUT2D eigenvalue weighted by Crippen LogP contribution is -2.16. The second-order valence-corrected chi connectivity index (χ2v) is 5.76. The fourth-order valence-corrected chi connectivity index (χ4v) is 2.30. The Hall–Kier alpha value is -2.45. The Balaban J connectivity index is 2.28. The van der Waals surface area contributed by atoms with Crippen molar-refractivity contribution in [1.82, 2.24) is 4.98 Å². The predicted molar refractivity (Wildman–Crippen MR) is 79.6 cm³/mol. The molecule has 0 spiro atoms. The largest absolute Gasteiger partial charge is 0.386 e. The Morgan fingerprint density at radius 3 is 2.71 bits per heavy atom. The first-order valence-corrected chi connectivity index (χ1v) is 7.52. The van der Waals surface area contributed by atoms with Crippen molar-refractivity contribution in [3.8, 4) is 0 Å². The zero-order valence-electron chi connectivity index (χ0n) is 11.2. The minimum atomic E-state index is -3.81. The lowest BCUT2D eigenvalue weighted by atomic mass is 10.2. The number of sulfonamides is 1. The van der Waals surface area contributed by atoms with Gasteiger partial charge in [-0.15, -0.1) is 0 Å². The Kier molecular flexibility index (Phi) is 4.20. The molecule has 7 nitrogen and oxygen atoms in total. The predicted octanol–water partition coefficient (Wildman–Crippen LogP) is 1.02. The third-order valence-corrected chi connectivity index (χ3v) is 3.67. The van der Waals surface area contributed by atoms with Crippen LogP contribution in [0.4, 0.5) is 11.4 Å². The van der Waals surface area contributed by atoms with Crippen molar-refractivity contribution >= 4 is 27.3 Å². The molecule has 1 aromatic heterocycles. The smallest absolute Gasteiger partial charge is 0.257 e. The number of carbonyl (C=O) groups is 1. The van der Waals surface area contributed by atoms with Gasteiger partial charge in [-0.3, -0.25) is 9.78 Å². The zero-order valence-corrected chi connectivity index (χ0v) is 12.0. The molecule has 2 rings (SSSR count). The van der Waals surface area contributed by atoms with Crippen LogP contribution in [0.1, 0.15) is 10.4 Å². The lowest BCUT2D eigenvalue weighted by Gasteiger charge is -2.09. The summed E-state index contributed by atoms with van der Waals surface area (Å²) in [6, 6.07) is 7.29. The lowest BCUT2D eigenvalue weighted by molar-refractivity contribution is 0.102. The van der Waals surface area contributed by atoms with Gasteiger partial charge in [-0.25, -0.2) is 13.6 Å². The van der Waals surface area contributed by atoms with Gasteiger partial charge in [0.15, 0.2) is 0 Å². The van der Waals surface area contributed by atoms with Gasteiger partial charge in [0.2, 0.25) is 10.0 Å². The van der Waals surface area contributed by atoms with Crippen molar-refractivity contribution in [2.45, 2.75) is 4.90 Å². The van der Waals surface area contributed by atoms with Crippen LogP contribution in [0.15, 0.2) is 47.6 Å². The zero-order chi connectivity index (χ0) is 15.5. The normalized spacial score (nSPS) is 11.0. The minimum Gasteiger partial charge on any atom is -0.386 e. The molecule has 1 aromatic carbocycles. The quantitative estimate of drug-likeness (QED) is 0.780. The third-order valence-electron chi connectivity index (χ3n) is 2.76. The van der Waals surface area contributed by atoms with Gasteiger partial charge < -0.3 is 10.6 Å². The summed E-state index contributed by atoms with van der Waals surface area (Å²) in [7, 11) is -2.14. The molecule has 2 aromatic rings. The molecular weight excluding hydrogens is 292 g/mol. The van der Waals surface area contributed by atoms with Crippen molar-refractivity contribution in [1.29, 1.82) is 0 Å². The maximum Gasteiger partial charge on any atom is 0.257 e. The number of hydrogen-bond acceptors (Lipinski definition) is 5. The number of anilines is 2. The van der Waals surface area contributed by atoms with E-state index in [1.165, 1.54) is 30.6 Å². The molecule has 1 heterocycles. The number of pyridine rings is 1. The minimum absolute atomic E-state index is 0.0659. The summed E-state index contributed by atoms with van der Waals surface area (Å²) >= 11 is 0. The van der Waals surface area contributed by atoms with E-state index in [1.54, 1.807) is 19.2 Å². The molecule has 0 radical (unpaired) electrons. The van der Waals surface area contributed by atoms with Crippen LogP contribution in [-0.2, 0) is 10.0 Å². The molecule has 0 atom stereocenters. The molecule has 0 unspecified atom stereocenters. The molecule has 0 fully saturated rings. The van der Waals surface area contributed by atoms with Crippen LogP contribution in [0.5, 0.6) is 0 Å². The number of amides is 1. The highest BCUT2D eigenvalue weighted by molar-refractivity contribution is 7.89. The number of hydrogen-bond donors (Lipinski definition) is 3. The van der Waals surface area contributed by atoms with E-state index in [2.05, 4.69) is 15.6 Å². The van der Waals surface area contributed by atoms with Crippen molar-refractivity contribution in [2.24, 2.45) is 5.14 Å². The van der Waals surface area contributed by atoms with Crippen LogP contribution >= 0.6 is 0 Å².